The topological polar surface area (TPSA) is 38.3 Å². The molecule has 4 heteroatoms. The van der Waals surface area contributed by atoms with Gasteiger partial charge in [0.1, 0.15) is 11.6 Å². The van der Waals surface area contributed by atoms with Crippen LogP contribution in [0.2, 0.25) is 0 Å². The molecule has 1 aliphatic rings. The van der Waals surface area contributed by atoms with E-state index in [9.17, 15) is 4.79 Å². The first kappa shape index (κ1) is 12.2. The van der Waals surface area contributed by atoms with Gasteiger partial charge >= 0.3 is 0 Å². The predicted octanol–water partition coefficient (Wildman–Crippen LogP) is 2.20. The molecule has 0 bridgehead atoms. The molecule has 1 aliphatic carbocycles. The van der Waals surface area contributed by atoms with Gasteiger partial charge in [0.15, 0.2) is 0 Å². The maximum absolute atomic E-state index is 11.0. The Bertz CT molecular complexity index is 363. The molecule has 1 N–H and O–H groups in total. The van der Waals surface area contributed by atoms with Crippen LogP contribution in [0.5, 0.6) is 5.75 Å². The van der Waals surface area contributed by atoms with E-state index in [1.165, 1.54) is 0 Å². The van der Waals surface area contributed by atoms with Crippen molar-refractivity contribution >= 4 is 17.5 Å². The minimum absolute atomic E-state index is 0.0433. The summed E-state index contributed by atoms with van der Waals surface area (Å²) in [6.07, 6.45) is 1.96. The second kappa shape index (κ2) is 5.92. The third kappa shape index (κ3) is 3.63. The number of hydrogen-bond donors (Lipinski definition) is 1. The standard InChI is InChI=1S/C13H16ClNO2/c14-8-13(16)15-11-6-10(7-11)9-17-12-4-2-1-3-5-12/h1-5,10-11H,6-9H2,(H,15,16). The number of carbonyl (C=O) groups excluding carboxylic acids is 1. The Morgan fingerprint density at radius 3 is 2.71 bits per heavy atom. The highest BCUT2D eigenvalue weighted by Gasteiger charge is 2.30. The summed E-state index contributed by atoms with van der Waals surface area (Å²) in [4.78, 5) is 11.0. The molecular weight excluding hydrogens is 238 g/mol. The zero-order valence-electron chi connectivity index (χ0n) is 9.56. The van der Waals surface area contributed by atoms with Crippen LogP contribution < -0.4 is 10.1 Å². The van der Waals surface area contributed by atoms with Gasteiger partial charge in [0.05, 0.1) is 6.61 Å². The quantitative estimate of drug-likeness (QED) is 0.817. The first-order chi connectivity index (χ1) is 8.28. The van der Waals surface area contributed by atoms with E-state index >= 15 is 0 Å². The van der Waals surface area contributed by atoms with Gasteiger partial charge in [-0.1, -0.05) is 18.2 Å². The van der Waals surface area contributed by atoms with E-state index in [-0.39, 0.29) is 17.8 Å². The molecule has 1 fully saturated rings. The van der Waals surface area contributed by atoms with Crippen molar-refractivity contribution < 1.29 is 9.53 Å². The molecule has 1 aromatic rings. The average molecular weight is 254 g/mol. The van der Waals surface area contributed by atoms with Crippen LogP contribution in [0.3, 0.4) is 0 Å². The lowest BCUT2D eigenvalue weighted by atomic mass is 9.81. The minimum Gasteiger partial charge on any atom is -0.493 e. The largest absolute Gasteiger partial charge is 0.493 e. The van der Waals surface area contributed by atoms with Crippen LogP contribution in [-0.2, 0) is 4.79 Å². The normalized spacial score (nSPS) is 22.6. The highest BCUT2D eigenvalue weighted by Crippen LogP contribution is 2.28. The molecule has 2 rings (SSSR count). The smallest absolute Gasteiger partial charge is 0.235 e. The summed E-state index contributed by atoms with van der Waals surface area (Å²) in [5, 5.41) is 2.87. The fourth-order valence-electron chi connectivity index (χ4n) is 1.99. The van der Waals surface area contributed by atoms with Crippen molar-refractivity contribution in [2.75, 3.05) is 12.5 Å². The van der Waals surface area contributed by atoms with Crippen LogP contribution in [0, 0.1) is 5.92 Å². The maximum Gasteiger partial charge on any atom is 0.235 e. The molecule has 0 aromatic heterocycles. The highest BCUT2D eigenvalue weighted by atomic mass is 35.5. The van der Waals surface area contributed by atoms with E-state index in [0.717, 1.165) is 25.2 Å². The Labute approximate surface area is 106 Å². The molecule has 0 unspecified atom stereocenters. The SMILES string of the molecule is O=C(CCl)NC1CC(COc2ccccc2)C1. The zero-order valence-corrected chi connectivity index (χ0v) is 10.3. The first-order valence-corrected chi connectivity index (χ1v) is 6.34. The monoisotopic (exact) mass is 253 g/mol. The summed E-state index contributed by atoms with van der Waals surface area (Å²) in [6.45, 7) is 0.720. The first-order valence-electron chi connectivity index (χ1n) is 5.81. The average Bonchev–Trinajstić information content (AvgIpc) is 2.32. The number of rotatable bonds is 5. The predicted molar refractivity (Wildman–Crippen MR) is 67.3 cm³/mol. The number of alkyl halides is 1. The van der Waals surface area contributed by atoms with E-state index in [1.807, 2.05) is 30.3 Å². The summed E-state index contributed by atoms with van der Waals surface area (Å²) in [6, 6.07) is 10.1. The lowest BCUT2D eigenvalue weighted by Crippen LogP contribution is -2.46. The number of ether oxygens (including phenoxy) is 1. The van der Waals surface area contributed by atoms with Gasteiger partial charge in [0.2, 0.25) is 5.91 Å². The third-order valence-electron chi connectivity index (χ3n) is 2.95. The van der Waals surface area contributed by atoms with Crippen LogP contribution in [0.1, 0.15) is 12.8 Å². The van der Waals surface area contributed by atoms with Crippen molar-refractivity contribution in [2.24, 2.45) is 5.92 Å². The summed E-state index contributed by atoms with van der Waals surface area (Å²) < 4.78 is 5.65. The van der Waals surface area contributed by atoms with E-state index in [0.29, 0.717) is 5.92 Å². The fourth-order valence-corrected chi connectivity index (χ4v) is 2.06. The van der Waals surface area contributed by atoms with Crippen molar-refractivity contribution in [1.29, 1.82) is 0 Å². The molecular formula is C13H16ClNO2. The van der Waals surface area contributed by atoms with Gasteiger partial charge in [0.25, 0.3) is 0 Å². The maximum atomic E-state index is 11.0. The van der Waals surface area contributed by atoms with Crippen molar-refractivity contribution in [2.45, 2.75) is 18.9 Å². The van der Waals surface area contributed by atoms with Crippen LogP contribution in [-0.4, -0.2) is 24.4 Å². The molecule has 0 aliphatic heterocycles. The van der Waals surface area contributed by atoms with Crippen molar-refractivity contribution in [1.82, 2.24) is 5.32 Å². The molecule has 3 nitrogen and oxygen atoms in total. The second-order valence-corrected chi connectivity index (χ2v) is 4.63. The minimum atomic E-state index is -0.0842. The lowest BCUT2D eigenvalue weighted by Gasteiger charge is -2.35. The Morgan fingerprint density at radius 2 is 2.06 bits per heavy atom. The van der Waals surface area contributed by atoms with Crippen LogP contribution in [0.25, 0.3) is 0 Å². The Kier molecular flexibility index (Phi) is 4.26. The van der Waals surface area contributed by atoms with Gasteiger partial charge in [-0.2, -0.15) is 0 Å². The molecule has 92 valence electrons. The molecule has 1 amide bonds. The molecule has 1 saturated carbocycles. The van der Waals surface area contributed by atoms with Gasteiger partial charge in [-0.25, -0.2) is 0 Å². The van der Waals surface area contributed by atoms with Crippen LogP contribution >= 0.6 is 11.6 Å². The number of para-hydroxylation sites is 1. The van der Waals surface area contributed by atoms with E-state index < -0.39 is 0 Å². The van der Waals surface area contributed by atoms with Gasteiger partial charge in [0, 0.05) is 6.04 Å². The Morgan fingerprint density at radius 1 is 1.35 bits per heavy atom. The number of halogens is 1. The molecule has 1 aromatic carbocycles. The lowest BCUT2D eigenvalue weighted by molar-refractivity contribution is -0.120. The summed E-state index contributed by atoms with van der Waals surface area (Å²) in [5.74, 6) is 1.40. The number of amides is 1. The molecule has 0 atom stereocenters. The fraction of sp³-hybridized carbons (Fsp3) is 0.462. The van der Waals surface area contributed by atoms with Gasteiger partial charge in [-0.05, 0) is 30.9 Å². The van der Waals surface area contributed by atoms with Gasteiger partial charge in [-0.15, -0.1) is 11.6 Å². The second-order valence-electron chi connectivity index (χ2n) is 4.36. The summed E-state index contributed by atoms with van der Waals surface area (Å²) >= 11 is 5.42. The summed E-state index contributed by atoms with van der Waals surface area (Å²) in [5.41, 5.74) is 0. The Hall–Kier alpha value is -1.22. The van der Waals surface area contributed by atoms with Crippen molar-refractivity contribution in [3.8, 4) is 5.75 Å². The number of nitrogens with one attached hydrogen (secondary N) is 1. The van der Waals surface area contributed by atoms with E-state index in [2.05, 4.69) is 5.32 Å². The zero-order chi connectivity index (χ0) is 12.1. The molecule has 0 radical (unpaired) electrons. The number of hydrogen-bond acceptors (Lipinski definition) is 2. The van der Waals surface area contributed by atoms with Crippen molar-refractivity contribution in [3.63, 3.8) is 0 Å². The Balaban J connectivity index is 1.63. The third-order valence-corrected chi connectivity index (χ3v) is 3.19. The molecule has 17 heavy (non-hydrogen) atoms. The number of carbonyl (C=O) groups is 1. The van der Waals surface area contributed by atoms with Crippen LogP contribution in [0.15, 0.2) is 30.3 Å². The number of benzene rings is 1. The molecule has 0 spiro atoms. The van der Waals surface area contributed by atoms with Gasteiger partial charge < -0.3 is 10.1 Å². The summed E-state index contributed by atoms with van der Waals surface area (Å²) in [7, 11) is 0. The van der Waals surface area contributed by atoms with Crippen LogP contribution in [0.4, 0.5) is 0 Å². The van der Waals surface area contributed by atoms with Crippen molar-refractivity contribution in [3.05, 3.63) is 30.3 Å². The van der Waals surface area contributed by atoms with E-state index in [1.54, 1.807) is 0 Å². The molecule has 0 heterocycles. The van der Waals surface area contributed by atoms with Gasteiger partial charge in [-0.3, -0.25) is 4.79 Å². The van der Waals surface area contributed by atoms with E-state index in [4.69, 9.17) is 16.3 Å². The molecule has 0 saturated heterocycles. The highest BCUT2D eigenvalue weighted by molar-refractivity contribution is 6.27.